The standard InChI is InChI=1S/C12H18O3/c1-8(7-9(2)13)10-3-5-11(6-4-10)12(14)15/h5,8,10H,3-4,6-7H2,1-2H3,(H,14,15). The van der Waals surface area contributed by atoms with Crippen molar-refractivity contribution in [3.8, 4) is 0 Å². The van der Waals surface area contributed by atoms with Crippen LogP contribution in [0.15, 0.2) is 11.6 Å². The van der Waals surface area contributed by atoms with E-state index < -0.39 is 5.97 Å². The third kappa shape index (κ3) is 3.50. The smallest absolute Gasteiger partial charge is 0.331 e. The van der Waals surface area contributed by atoms with E-state index in [1.807, 2.05) is 6.08 Å². The summed E-state index contributed by atoms with van der Waals surface area (Å²) < 4.78 is 0. The first-order valence-electron chi connectivity index (χ1n) is 5.42. The second kappa shape index (κ2) is 5.10. The van der Waals surface area contributed by atoms with Crippen LogP contribution in [-0.4, -0.2) is 16.9 Å². The molecule has 3 heteroatoms. The van der Waals surface area contributed by atoms with Crippen LogP contribution < -0.4 is 0 Å². The van der Waals surface area contributed by atoms with Crippen LogP contribution in [0.3, 0.4) is 0 Å². The molecule has 15 heavy (non-hydrogen) atoms. The normalized spacial score (nSPS) is 23.1. The van der Waals surface area contributed by atoms with Gasteiger partial charge in [-0.3, -0.25) is 0 Å². The van der Waals surface area contributed by atoms with Crippen LogP contribution in [0.25, 0.3) is 0 Å². The molecular weight excluding hydrogens is 192 g/mol. The fourth-order valence-corrected chi connectivity index (χ4v) is 2.19. The molecule has 0 bridgehead atoms. The first-order chi connectivity index (χ1) is 7.00. The zero-order valence-corrected chi connectivity index (χ0v) is 9.32. The van der Waals surface area contributed by atoms with Crippen LogP contribution in [0.4, 0.5) is 0 Å². The van der Waals surface area contributed by atoms with Gasteiger partial charge in [0.05, 0.1) is 0 Å². The Labute approximate surface area is 90.2 Å². The molecule has 0 aromatic rings. The van der Waals surface area contributed by atoms with Crippen LogP contribution in [0.1, 0.15) is 39.5 Å². The molecule has 2 unspecified atom stereocenters. The summed E-state index contributed by atoms with van der Waals surface area (Å²) in [4.78, 5) is 21.6. The van der Waals surface area contributed by atoms with Crippen LogP contribution in [0, 0.1) is 11.8 Å². The van der Waals surface area contributed by atoms with Gasteiger partial charge in [0.1, 0.15) is 5.78 Å². The number of carbonyl (C=O) groups excluding carboxylic acids is 1. The quantitative estimate of drug-likeness (QED) is 0.775. The highest BCUT2D eigenvalue weighted by Crippen LogP contribution is 2.31. The van der Waals surface area contributed by atoms with Gasteiger partial charge in [0, 0.05) is 12.0 Å². The number of aliphatic carboxylic acids is 1. The summed E-state index contributed by atoms with van der Waals surface area (Å²) in [5, 5.41) is 8.79. The van der Waals surface area contributed by atoms with E-state index in [1.165, 1.54) is 0 Å². The van der Waals surface area contributed by atoms with E-state index in [4.69, 9.17) is 5.11 Å². The number of rotatable bonds is 4. The fraction of sp³-hybridized carbons (Fsp3) is 0.667. The van der Waals surface area contributed by atoms with Gasteiger partial charge in [-0.05, 0) is 38.0 Å². The lowest BCUT2D eigenvalue weighted by molar-refractivity contribution is -0.133. The van der Waals surface area contributed by atoms with Crippen molar-refractivity contribution in [1.82, 2.24) is 0 Å². The number of Topliss-reactive ketones (excluding diaryl/α,β-unsaturated/α-hetero) is 1. The third-order valence-electron chi connectivity index (χ3n) is 3.14. The number of carboxylic acids is 1. The van der Waals surface area contributed by atoms with Gasteiger partial charge in [-0.25, -0.2) is 4.79 Å². The van der Waals surface area contributed by atoms with Gasteiger partial charge in [-0.15, -0.1) is 0 Å². The average Bonchev–Trinajstić information content (AvgIpc) is 2.17. The Morgan fingerprint density at radius 1 is 1.60 bits per heavy atom. The minimum absolute atomic E-state index is 0.218. The Kier molecular flexibility index (Phi) is 4.06. The van der Waals surface area contributed by atoms with E-state index in [2.05, 4.69) is 6.92 Å². The number of carboxylic acid groups (broad SMARTS) is 1. The fourth-order valence-electron chi connectivity index (χ4n) is 2.19. The monoisotopic (exact) mass is 210 g/mol. The molecule has 0 aromatic carbocycles. The van der Waals surface area contributed by atoms with E-state index in [9.17, 15) is 9.59 Å². The highest BCUT2D eigenvalue weighted by atomic mass is 16.4. The Hall–Kier alpha value is -1.12. The van der Waals surface area contributed by atoms with Crippen molar-refractivity contribution in [2.24, 2.45) is 11.8 Å². The third-order valence-corrected chi connectivity index (χ3v) is 3.14. The summed E-state index contributed by atoms with van der Waals surface area (Å²) >= 11 is 0. The summed E-state index contributed by atoms with van der Waals surface area (Å²) in [5.41, 5.74) is 0.529. The SMILES string of the molecule is CC(=O)CC(C)C1CC=C(C(=O)O)CC1. The highest BCUT2D eigenvalue weighted by molar-refractivity contribution is 5.86. The molecule has 1 aliphatic carbocycles. The zero-order valence-electron chi connectivity index (χ0n) is 9.32. The van der Waals surface area contributed by atoms with Gasteiger partial charge in [0.25, 0.3) is 0 Å². The van der Waals surface area contributed by atoms with Gasteiger partial charge in [0.15, 0.2) is 0 Å². The van der Waals surface area contributed by atoms with Gasteiger partial charge in [-0.2, -0.15) is 0 Å². The van der Waals surface area contributed by atoms with E-state index in [1.54, 1.807) is 6.92 Å². The molecule has 0 saturated heterocycles. The van der Waals surface area contributed by atoms with Gasteiger partial charge < -0.3 is 9.90 Å². The molecule has 0 spiro atoms. The van der Waals surface area contributed by atoms with Gasteiger partial charge in [0.2, 0.25) is 0 Å². The van der Waals surface area contributed by atoms with E-state index in [-0.39, 0.29) is 5.78 Å². The van der Waals surface area contributed by atoms with Crippen LogP contribution in [-0.2, 0) is 9.59 Å². The summed E-state index contributed by atoms with van der Waals surface area (Å²) in [7, 11) is 0. The van der Waals surface area contributed by atoms with Crippen LogP contribution in [0.2, 0.25) is 0 Å². The van der Waals surface area contributed by atoms with E-state index in [0.717, 1.165) is 12.8 Å². The largest absolute Gasteiger partial charge is 0.478 e. The zero-order chi connectivity index (χ0) is 11.4. The average molecular weight is 210 g/mol. The van der Waals surface area contributed by atoms with Crippen LogP contribution >= 0.6 is 0 Å². The number of carbonyl (C=O) groups is 2. The van der Waals surface area contributed by atoms with Crippen molar-refractivity contribution in [3.05, 3.63) is 11.6 Å². The van der Waals surface area contributed by atoms with Crippen molar-refractivity contribution >= 4 is 11.8 Å². The molecule has 2 atom stereocenters. The topological polar surface area (TPSA) is 54.4 Å². The van der Waals surface area contributed by atoms with Gasteiger partial charge >= 0.3 is 5.97 Å². The lowest BCUT2D eigenvalue weighted by Crippen LogP contribution is -2.18. The molecule has 84 valence electrons. The van der Waals surface area contributed by atoms with Crippen molar-refractivity contribution < 1.29 is 14.7 Å². The van der Waals surface area contributed by atoms with Gasteiger partial charge in [-0.1, -0.05) is 13.0 Å². The maximum atomic E-state index is 11.0. The molecule has 0 saturated carbocycles. The second-order valence-electron chi connectivity index (χ2n) is 4.45. The van der Waals surface area contributed by atoms with Crippen molar-refractivity contribution in [3.63, 3.8) is 0 Å². The summed E-state index contributed by atoms with van der Waals surface area (Å²) in [6.45, 7) is 3.68. The first kappa shape index (κ1) is 12.0. The van der Waals surface area contributed by atoms with E-state index >= 15 is 0 Å². The molecule has 0 fully saturated rings. The lowest BCUT2D eigenvalue weighted by Gasteiger charge is -2.25. The maximum absolute atomic E-state index is 11.0. The Morgan fingerprint density at radius 3 is 2.67 bits per heavy atom. The molecule has 1 aliphatic rings. The molecule has 0 aromatic heterocycles. The summed E-state index contributed by atoms with van der Waals surface area (Å²) in [6.07, 6.45) is 4.76. The molecule has 1 rings (SSSR count). The van der Waals surface area contributed by atoms with Crippen LogP contribution in [0.5, 0.6) is 0 Å². The molecule has 0 heterocycles. The minimum atomic E-state index is -0.798. The van der Waals surface area contributed by atoms with Crippen molar-refractivity contribution in [2.45, 2.75) is 39.5 Å². The predicted molar refractivity (Wildman–Crippen MR) is 57.5 cm³/mol. The number of allylic oxidation sites excluding steroid dienone is 1. The van der Waals surface area contributed by atoms with Crippen molar-refractivity contribution in [2.75, 3.05) is 0 Å². The molecule has 0 aliphatic heterocycles. The first-order valence-corrected chi connectivity index (χ1v) is 5.42. The minimum Gasteiger partial charge on any atom is -0.478 e. The Bertz CT molecular complexity index is 291. The predicted octanol–water partition coefficient (Wildman–Crippen LogP) is 2.41. The molecule has 0 radical (unpaired) electrons. The highest BCUT2D eigenvalue weighted by Gasteiger charge is 2.23. The Morgan fingerprint density at radius 2 is 2.27 bits per heavy atom. The lowest BCUT2D eigenvalue weighted by atomic mass is 9.79. The molecule has 3 nitrogen and oxygen atoms in total. The summed E-state index contributed by atoms with van der Waals surface area (Å²) in [6, 6.07) is 0. The summed E-state index contributed by atoms with van der Waals surface area (Å²) in [5.74, 6) is 0.259. The second-order valence-corrected chi connectivity index (χ2v) is 4.45. The molecule has 1 N–H and O–H groups in total. The Balaban J connectivity index is 2.49. The van der Waals surface area contributed by atoms with Crippen molar-refractivity contribution in [1.29, 1.82) is 0 Å². The number of hydrogen-bond donors (Lipinski definition) is 1. The number of ketones is 1. The van der Waals surface area contributed by atoms with E-state index in [0.29, 0.717) is 30.3 Å². The number of hydrogen-bond acceptors (Lipinski definition) is 2. The molecule has 0 amide bonds. The maximum Gasteiger partial charge on any atom is 0.331 e. The molecular formula is C12H18O3.